The van der Waals surface area contributed by atoms with Crippen molar-refractivity contribution in [3.05, 3.63) is 23.8 Å². The van der Waals surface area contributed by atoms with Crippen LogP contribution in [0.25, 0.3) is 0 Å². The highest BCUT2D eigenvalue weighted by atomic mass is 35.5. The fourth-order valence-electron chi connectivity index (χ4n) is 1.45. The van der Waals surface area contributed by atoms with E-state index >= 15 is 0 Å². The van der Waals surface area contributed by atoms with Gasteiger partial charge in [0.25, 0.3) is 0 Å². The van der Waals surface area contributed by atoms with Crippen LogP contribution in [0.3, 0.4) is 0 Å². The fraction of sp³-hybridized carbons (Fsp3) is 0.333. The molecule has 6 nitrogen and oxygen atoms in total. The lowest BCUT2D eigenvalue weighted by atomic mass is 10.2. The topological polar surface area (TPSA) is 74.8 Å². The van der Waals surface area contributed by atoms with Crippen LogP contribution in [0, 0.1) is 6.92 Å². The molecular weight excluding hydrogens is 268 g/mol. The lowest BCUT2D eigenvalue weighted by Crippen LogP contribution is -2.41. The molecule has 0 heterocycles. The molecule has 19 heavy (non-hydrogen) atoms. The minimum atomic E-state index is -0.377. The third-order valence-electron chi connectivity index (χ3n) is 2.39. The van der Waals surface area contributed by atoms with E-state index < -0.39 is 0 Å². The van der Waals surface area contributed by atoms with Crippen LogP contribution < -0.4 is 20.7 Å². The minimum absolute atomic E-state index is 0. The molecule has 1 rings (SSSR count). The number of anilines is 1. The Bertz CT molecular complexity index is 463. The average molecular weight is 287 g/mol. The first-order valence-corrected chi connectivity index (χ1v) is 5.48. The zero-order chi connectivity index (χ0) is 13.5. The number of aliphatic imine (C=N–C) groups is 1. The highest BCUT2D eigenvalue weighted by molar-refractivity contribution is 6.03. The summed E-state index contributed by atoms with van der Waals surface area (Å²) in [5, 5.41) is 8.07. The summed E-state index contributed by atoms with van der Waals surface area (Å²) < 4.78 is 5.20. The van der Waals surface area contributed by atoms with E-state index in [-0.39, 0.29) is 18.4 Å². The maximum absolute atomic E-state index is 11.8. The lowest BCUT2D eigenvalue weighted by molar-refractivity contribution is 0.255. The van der Waals surface area contributed by atoms with Gasteiger partial charge in [-0.1, -0.05) is 12.1 Å². The number of carbonyl (C=O) groups is 1. The SMILES string of the molecule is CN=C(NC)NC(=O)Nc1c(C)cccc1OC.Cl. The summed E-state index contributed by atoms with van der Waals surface area (Å²) in [4.78, 5) is 15.6. The van der Waals surface area contributed by atoms with Gasteiger partial charge in [0.2, 0.25) is 0 Å². The van der Waals surface area contributed by atoms with Crippen LogP contribution in [0.4, 0.5) is 10.5 Å². The zero-order valence-corrected chi connectivity index (χ0v) is 12.2. The van der Waals surface area contributed by atoms with Crippen LogP contribution >= 0.6 is 12.4 Å². The molecule has 0 aliphatic rings. The number of nitrogens with one attached hydrogen (secondary N) is 3. The first kappa shape index (κ1) is 17.1. The Morgan fingerprint density at radius 3 is 2.58 bits per heavy atom. The summed E-state index contributed by atoms with van der Waals surface area (Å²) in [6.45, 7) is 1.89. The second-order valence-corrected chi connectivity index (χ2v) is 3.55. The number of benzene rings is 1. The molecule has 1 aromatic carbocycles. The molecule has 2 amide bonds. The van der Waals surface area contributed by atoms with Gasteiger partial charge >= 0.3 is 6.03 Å². The molecule has 0 saturated carbocycles. The van der Waals surface area contributed by atoms with Gasteiger partial charge in [-0.2, -0.15) is 0 Å². The smallest absolute Gasteiger partial charge is 0.326 e. The van der Waals surface area contributed by atoms with Crippen LogP contribution in [0.15, 0.2) is 23.2 Å². The zero-order valence-electron chi connectivity index (χ0n) is 11.4. The summed E-state index contributed by atoms with van der Waals surface area (Å²) in [6, 6.07) is 5.17. The van der Waals surface area contributed by atoms with Gasteiger partial charge in [0, 0.05) is 14.1 Å². The number of ether oxygens (including phenoxy) is 1. The van der Waals surface area contributed by atoms with Crippen molar-refractivity contribution in [3.63, 3.8) is 0 Å². The van der Waals surface area contributed by atoms with Crippen LogP contribution in [0.1, 0.15) is 5.56 Å². The molecule has 3 N–H and O–H groups in total. The van der Waals surface area contributed by atoms with Gasteiger partial charge in [-0.25, -0.2) is 4.79 Å². The third kappa shape index (κ3) is 4.67. The largest absolute Gasteiger partial charge is 0.495 e. The summed E-state index contributed by atoms with van der Waals surface area (Å²) >= 11 is 0. The molecule has 1 aromatic rings. The number of halogens is 1. The van der Waals surface area contributed by atoms with Gasteiger partial charge in [0.1, 0.15) is 5.75 Å². The molecule has 0 atom stereocenters. The first-order chi connectivity index (χ1) is 8.62. The first-order valence-electron chi connectivity index (χ1n) is 5.48. The molecule has 0 radical (unpaired) electrons. The monoisotopic (exact) mass is 286 g/mol. The second kappa shape index (κ2) is 8.20. The Hall–Kier alpha value is -1.95. The Labute approximate surface area is 119 Å². The molecule has 0 fully saturated rings. The van der Waals surface area contributed by atoms with Gasteiger partial charge in [-0.15, -0.1) is 12.4 Å². The van der Waals surface area contributed by atoms with Gasteiger partial charge in [-0.3, -0.25) is 10.3 Å². The Morgan fingerprint density at radius 1 is 1.37 bits per heavy atom. The van der Waals surface area contributed by atoms with Crippen molar-refractivity contribution >= 4 is 30.1 Å². The van der Waals surface area contributed by atoms with Crippen LogP contribution in [0.2, 0.25) is 0 Å². The van der Waals surface area contributed by atoms with Crippen LogP contribution in [0.5, 0.6) is 5.75 Å². The van der Waals surface area contributed by atoms with E-state index in [9.17, 15) is 4.79 Å². The third-order valence-corrected chi connectivity index (χ3v) is 2.39. The molecule has 106 valence electrons. The number of carbonyl (C=O) groups excluding carboxylic acids is 1. The quantitative estimate of drug-likeness (QED) is 0.573. The Morgan fingerprint density at radius 2 is 2.05 bits per heavy atom. The summed E-state index contributed by atoms with van der Waals surface area (Å²) in [5.41, 5.74) is 1.56. The van der Waals surface area contributed by atoms with Crippen molar-refractivity contribution in [1.29, 1.82) is 0 Å². The van der Waals surface area contributed by atoms with E-state index in [0.29, 0.717) is 17.4 Å². The molecular formula is C12H19ClN4O2. The second-order valence-electron chi connectivity index (χ2n) is 3.55. The van der Waals surface area contributed by atoms with E-state index in [1.807, 2.05) is 19.1 Å². The Balaban J connectivity index is 0.00000324. The van der Waals surface area contributed by atoms with E-state index in [4.69, 9.17) is 4.74 Å². The van der Waals surface area contributed by atoms with E-state index in [2.05, 4.69) is 20.9 Å². The van der Waals surface area contributed by atoms with Crippen molar-refractivity contribution in [2.45, 2.75) is 6.92 Å². The van der Waals surface area contributed by atoms with E-state index in [1.165, 1.54) is 0 Å². The van der Waals surface area contributed by atoms with Crippen molar-refractivity contribution in [3.8, 4) is 5.75 Å². The number of aryl methyl sites for hydroxylation is 1. The van der Waals surface area contributed by atoms with Gasteiger partial charge in [0.05, 0.1) is 12.8 Å². The van der Waals surface area contributed by atoms with Gasteiger partial charge < -0.3 is 15.4 Å². The molecule has 0 saturated heterocycles. The maximum Gasteiger partial charge on any atom is 0.326 e. The molecule has 0 aliphatic heterocycles. The van der Waals surface area contributed by atoms with E-state index in [1.54, 1.807) is 27.3 Å². The number of methoxy groups -OCH3 is 1. The predicted molar refractivity (Wildman–Crippen MR) is 79.6 cm³/mol. The van der Waals surface area contributed by atoms with Crippen molar-refractivity contribution in [1.82, 2.24) is 10.6 Å². The highest BCUT2D eigenvalue weighted by Crippen LogP contribution is 2.27. The number of hydrogen-bond donors (Lipinski definition) is 3. The maximum atomic E-state index is 11.8. The predicted octanol–water partition coefficient (Wildman–Crippen LogP) is 1.75. The van der Waals surface area contributed by atoms with Crippen LogP contribution in [-0.4, -0.2) is 33.2 Å². The van der Waals surface area contributed by atoms with E-state index in [0.717, 1.165) is 5.56 Å². The number of hydrogen-bond acceptors (Lipinski definition) is 3. The molecule has 0 unspecified atom stereocenters. The van der Waals surface area contributed by atoms with Gasteiger partial charge in [0.15, 0.2) is 5.96 Å². The van der Waals surface area contributed by atoms with Crippen molar-refractivity contribution in [2.24, 2.45) is 4.99 Å². The highest BCUT2D eigenvalue weighted by Gasteiger charge is 2.10. The number of urea groups is 1. The number of guanidine groups is 1. The summed E-state index contributed by atoms with van der Waals surface area (Å²) in [5.74, 6) is 1.00. The van der Waals surface area contributed by atoms with Crippen molar-refractivity contribution < 1.29 is 9.53 Å². The van der Waals surface area contributed by atoms with Crippen molar-refractivity contribution in [2.75, 3.05) is 26.5 Å². The standard InChI is InChI=1S/C12H18N4O2.ClH/c1-8-6-5-7-9(18-4)10(8)15-12(17)16-11(13-2)14-3;/h5-7H,1-4H3,(H3,13,14,15,16,17);1H. The summed E-state index contributed by atoms with van der Waals surface area (Å²) in [7, 11) is 4.82. The lowest BCUT2D eigenvalue weighted by Gasteiger charge is -2.13. The number of rotatable bonds is 2. The molecule has 7 heteroatoms. The Kier molecular flexibility index (Phi) is 7.36. The number of nitrogens with zero attached hydrogens (tertiary/aromatic N) is 1. The molecule has 0 aliphatic carbocycles. The normalized spacial score (nSPS) is 10.2. The number of amides is 2. The molecule has 0 spiro atoms. The fourth-order valence-corrected chi connectivity index (χ4v) is 1.45. The molecule has 0 aromatic heterocycles. The summed E-state index contributed by atoms with van der Waals surface area (Å²) in [6.07, 6.45) is 0. The number of para-hydroxylation sites is 1. The average Bonchev–Trinajstić information content (AvgIpc) is 2.38. The minimum Gasteiger partial charge on any atom is -0.495 e. The van der Waals surface area contributed by atoms with Gasteiger partial charge in [-0.05, 0) is 18.6 Å². The van der Waals surface area contributed by atoms with Crippen LogP contribution in [-0.2, 0) is 0 Å². The molecule has 0 bridgehead atoms.